The van der Waals surface area contributed by atoms with Crippen LogP contribution in [0, 0.1) is 0 Å². The van der Waals surface area contributed by atoms with Gasteiger partial charge in [0, 0.05) is 6.07 Å². The highest BCUT2D eigenvalue weighted by Gasteiger charge is 2.04. The Labute approximate surface area is 68.8 Å². The number of hydrogen-bond donors (Lipinski definition) is 1. The fraction of sp³-hybridized carbons (Fsp3) is 0.333. The van der Waals surface area contributed by atoms with Gasteiger partial charge in [-0.05, 0) is 0 Å². The molecule has 1 heterocycles. The first kappa shape index (κ1) is 8.23. The second-order valence-corrected chi connectivity index (χ2v) is 2.23. The van der Waals surface area contributed by atoms with Crippen LogP contribution in [0.3, 0.4) is 0 Å². The summed E-state index contributed by atoms with van der Waals surface area (Å²) in [5, 5.41) is 16.1. The summed E-state index contributed by atoms with van der Waals surface area (Å²) >= 11 is 5.52. The lowest BCUT2D eigenvalue weighted by Crippen LogP contribution is -1.97. The summed E-state index contributed by atoms with van der Waals surface area (Å²) in [6, 6.07) is 1.50. The van der Waals surface area contributed by atoms with Crippen molar-refractivity contribution in [3.8, 4) is 5.75 Å². The van der Waals surface area contributed by atoms with E-state index in [1.165, 1.54) is 13.2 Å². The van der Waals surface area contributed by atoms with Crippen molar-refractivity contribution >= 4 is 11.6 Å². The second-order valence-electron chi connectivity index (χ2n) is 1.84. The molecule has 60 valence electrons. The Balaban J connectivity index is 3.06. The summed E-state index contributed by atoms with van der Waals surface area (Å²) in [7, 11) is 1.48. The van der Waals surface area contributed by atoms with Crippen molar-refractivity contribution in [1.82, 2.24) is 10.2 Å². The van der Waals surface area contributed by atoms with Crippen molar-refractivity contribution in [2.24, 2.45) is 0 Å². The van der Waals surface area contributed by atoms with Crippen LogP contribution in [0.4, 0.5) is 0 Å². The van der Waals surface area contributed by atoms with Crippen molar-refractivity contribution < 1.29 is 9.84 Å². The number of halogens is 1. The van der Waals surface area contributed by atoms with E-state index < -0.39 is 0 Å². The van der Waals surface area contributed by atoms with Gasteiger partial charge in [-0.1, -0.05) is 11.6 Å². The molecule has 0 radical (unpaired) electrons. The molecule has 1 aromatic heterocycles. The predicted molar refractivity (Wildman–Crippen MR) is 39.5 cm³/mol. The van der Waals surface area contributed by atoms with Crippen LogP contribution in [0.25, 0.3) is 0 Å². The molecule has 0 aliphatic rings. The van der Waals surface area contributed by atoms with Crippen LogP contribution < -0.4 is 4.74 Å². The summed E-state index contributed by atoms with van der Waals surface area (Å²) in [5.74, 6) is 0.451. The molecule has 1 aromatic rings. The summed E-state index contributed by atoms with van der Waals surface area (Å²) in [5.41, 5.74) is 0.386. The van der Waals surface area contributed by atoms with Gasteiger partial charge in [0.1, 0.15) is 11.4 Å². The fourth-order valence-electron chi connectivity index (χ4n) is 0.664. The van der Waals surface area contributed by atoms with Crippen LogP contribution >= 0.6 is 11.6 Å². The molecule has 0 aliphatic carbocycles. The number of aliphatic hydroxyl groups is 1. The summed E-state index contributed by atoms with van der Waals surface area (Å²) in [6.45, 7) is -0.201. The Kier molecular flexibility index (Phi) is 2.62. The van der Waals surface area contributed by atoms with Gasteiger partial charge < -0.3 is 9.84 Å². The van der Waals surface area contributed by atoms with Gasteiger partial charge in [0.25, 0.3) is 0 Å². The predicted octanol–water partition coefficient (Wildman–Crippen LogP) is 0.631. The van der Waals surface area contributed by atoms with E-state index in [9.17, 15) is 0 Å². The largest absolute Gasteiger partial charge is 0.495 e. The molecular weight excluding hydrogens is 168 g/mol. The molecule has 5 heteroatoms. The monoisotopic (exact) mass is 174 g/mol. The molecule has 11 heavy (non-hydrogen) atoms. The van der Waals surface area contributed by atoms with Crippen LogP contribution in [-0.2, 0) is 6.61 Å². The highest BCUT2D eigenvalue weighted by Crippen LogP contribution is 2.17. The maximum atomic E-state index is 8.71. The first-order valence-electron chi connectivity index (χ1n) is 2.95. The number of rotatable bonds is 2. The SMILES string of the molecule is COc1cc(Cl)nnc1CO. The molecule has 0 saturated carbocycles. The average molecular weight is 175 g/mol. The van der Waals surface area contributed by atoms with E-state index in [4.69, 9.17) is 21.4 Å². The van der Waals surface area contributed by atoms with Crippen LogP contribution in [0.2, 0.25) is 5.15 Å². The van der Waals surface area contributed by atoms with Crippen LogP contribution in [0.5, 0.6) is 5.75 Å². The van der Waals surface area contributed by atoms with E-state index in [0.29, 0.717) is 11.4 Å². The zero-order valence-electron chi connectivity index (χ0n) is 5.91. The van der Waals surface area contributed by atoms with Gasteiger partial charge in [-0.15, -0.1) is 10.2 Å². The number of aliphatic hydroxyl groups excluding tert-OH is 1. The first-order valence-corrected chi connectivity index (χ1v) is 3.32. The zero-order valence-corrected chi connectivity index (χ0v) is 6.67. The van der Waals surface area contributed by atoms with E-state index in [1.54, 1.807) is 0 Å². The highest BCUT2D eigenvalue weighted by molar-refractivity contribution is 6.29. The number of methoxy groups -OCH3 is 1. The molecule has 4 nitrogen and oxygen atoms in total. The lowest BCUT2D eigenvalue weighted by Gasteiger charge is -2.02. The van der Waals surface area contributed by atoms with Gasteiger partial charge in [0.05, 0.1) is 13.7 Å². The number of hydrogen-bond acceptors (Lipinski definition) is 4. The molecule has 0 aliphatic heterocycles. The molecule has 1 N–H and O–H groups in total. The van der Waals surface area contributed by atoms with E-state index in [1.807, 2.05) is 0 Å². The minimum absolute atomic E-state index is 0.201. The second kappa shape index (κ2) is 3.50. The molecule has 0 bridgehead atoms. The molecule has 0 spiro atoms. The van der Waals surface area contributed by atoms with Crippen molar-refractivity contribution in [3.63, 3.8) is 0 Å². The Bertz CT molecular complexity index is 254. The fourth-order valence-corrected chi connectivity index (χ4v) is 0.801. The van der Waals surface area contributed by atoms with Crippen molar-refractivity contribution in [2.45, 2.75) is 6.61 Å². The Morgan fingerprint density at radius 2 is 2.36 bits per heavy atom. The zero-order chi connectivity index (χ0) is 8.27. The van der Waals surface area contributed by atoms with Gasteiger partial charge in [-0.2, -0.15) is 0 Å². The Morgan fingerprint density at radius 1 is 1.64 bits per heavy atom. The standard InChI is InChI=1S/C6H7ClN2O2/c1-11-5-2-6(7)9-8-4(5)3-10/h2,10H,3H2,1H3. The minimum Gasteiger partial charge on any atom is -0.495 e. The van der Waals surface area contributed by atoms with Gasteiger partial charge >= 0.3 is 0 Å². The summed E-state index contributed by atoms with van der Waals surface area (Å²) in [6.07, 6.45) is 0. The van der Waals surface area contributed by atoms with Crippen molar-refractivity contribution in [1.29, 1.82) is 0 Å². The lowest BCUT2D eigenvalue weighted by molar-refractivity contribution is 0.266. The maximum absolute atomic E-state index is 8.71. The van der Waals surface area contributed by atoms with Gasteiger partial charge in [-0.25, -0.2) is 0 Å². The molecule has 0 aromatic carbocycles. The molecule has 0 fully saturated rings. The molecule has 0 unspecified atom stereocenters. The smallest absolute Gasteiger partial charge is 0.155 e. The minimum atomic E-state index is -0.201. The third-order valence-corrected chi connectivity index (χ3v) is 1.36. The number of aromatic nitrogens is 2. The average Bonchev–Trinajstić information content (AvgIpc) is 2.04. The van der Waals surface area contributed by atoms with Crippen molar-refractivity contribution in [2.75, 3.05) is 7.11 Å². The van der Waals surface area contributed by atoms with E-state index in [0.717, 1.165) is 0 Å². The Morgan fingerprint density at radius 3 is 2.91 bits per heavy atom. The highest BCUT2D eigenvalue weighted by atomic mass is 35.5. The lowest BCUT2D eigenvalue weighted by atomic mass is 10.4. The van der Waals surface area contributed by atoms with Crippen LogP contribution in [0.1, 0.15) is 5.69 Å². The summed E-state index contributed by atoms with van der Waals surface area (Å²) < 4.78 is 4.87. The third kappa shape index (κ3) is 1.78. The Hall–Kier alpha value is -0.870. The van der Waals surface area contributed by atoms with Crippen molar-refractivity contribution in [3.05, 3.63) is 16.9 Å². The molecule has 0 amide bonds. The number of ether oxygens (including phenoxy) is 1. The maximum Gasteiger partial charge on any atom is 0.155 e. The molecule has 0 saturated heterocycles. The normalized spacial score (nSPS) is 9.73. The van der Waals surface area contributed by atoms with E-state index in [-0.39, 0.29) is 11.8 Å². The topological polar surface area (TPSA) is 55.2 Å². The van der Waals surface area contributed by atoms with Crippen LogP contribution in [0.15, 0.2) is 6.07 Å². The molecule has 0 atom stereocenters. The number of nitrogens with zero attached hydrogens (tertiary/aromatic N) is 2. The third-order valence-electron chi connectivity index (χ3n) is 1.17. The first-order chi connectivity index (χ1) is 5.27. The van der Waals surface area contributed by atoms with E-state index in [2.05, 4.69) is 10.2 Å². The molecule has 1 rings (SSSR count). The van der Waals surface area contributed by atoms with Gasteiger partial charge in [-0.3, -0.25) is 0 Å². The summed E-state index contributed by atoms with van der Waals surface area (Å²) in [4.78, 5) is 0. The van der Waals surface area contributed by atoms with E-state index >= 15 is 0 Å². The van der Waals surface area contributed by atoms with Gasteiger partial charge in [0.15, 0.2) is 5.15 Å². The molecular formula is C6H7ClN2O2. The van der Waals surface area contributed by atoms with Gasteiger partial charge in [0.2, 0.25) is 0 Å². The van der Waals surface area contributed by atoms with Crippen LogP contribution in [-0.4, -0.2) is 22.4 Å². The quantitative estimate of drug-likeness (QED) is 0.715.